The lowest BCUT2D eigenvalue weighted by atomic mass is 10.2. The first kappa shape index (κ1) is 15.3. The van der Waals surface area contributed by atoms with Gasteiger partial charge in [-0.3, -0.25) is 9.98 Å². The van der Waals surface area contributed by atoms with E-state index in [0.717, 1.165) is 0 Å². The first-order valence-corrected chi connectivity index (χ1v) is 5.35. The maximum Gasteiger partial charge on any atom is 0.0971 e. The third-order valence-electron chi connectivity index (χ3n) is 2.35. The van der Waals surface area contributed by atoms with Crippen LogP contribution in [0.5, 0.6) is 0 Å². The van der Waals surface area contributed by atoms with Crippen molar-refractivity contribution in [3.63, 3.8) is 0 Å². The van der Waals surface area contributed by atoms with Gasteiger partial charge in [0.15, 0.2) is 0 Å². The second kappa shape index (κ2) is 7.54. The summed E-state index contributed by atoms with van der Waals surface area (Å²) in [6, 6.07) is -0.0202. The lowest BCUT2D eigenvalue weighted by molar-refractivity contribution is 0.319. The summed E-state index contributed by atoms with van der Waals surface area (Å²) in [5.41, 5.74) is 2.34. The van der Waals surface area contributed by atoms with Crippen LogP contribution in [0.2, 0.25) is 0 Å². The van der Waals surface area contributed by atoms with E-state index in [-0.39, 0.29) is 6.04 Å². The number of nitrogens with zero attached hydrogens (tertiary/aromatic N) is 4. The topological polar surface area (TPSA) is 89.9 Å². The summed E-state index contributed by atoms with van der Waals surface area (Å²) in [4.78, 5) is 8.57. The lowest BCUT2D eigenvalue weighted by Crippen LogP contribution is -2.14. The minimum absolute atomic E-state index is 0.0202. The van der Waals surface area contributed by atoms with Crippen LogP contribution in [0.3, 0.4) is 0 Å². The van der Waals surface area contributed by atoms with Gasteiger partial charge in [0.05, 0.1) is 35.4 Å². The van der Waals surface area contributed by atoms with E-state index in [1.807, 2.05) is 6.92 Å². The molecule has 0 aliphatic heterocycles. The Hall–Kier alpha value is -1.72. The summed E-state index contributed by atoms with van der Waals surface area (Å²) in [6.45, 7) is 9.33. The van der Waals surface area contributed by atoms with Crippen molar-refractivity contribution in [2.75, 3.05) is 6.54 Å². The smallest absolute Gasteiger partial charge is 0.0971 e. The number of hydrogen-bond acceptors (Lipinski definition) is 6. The summed E-state index contributed by atoms with van der Waals surface area (Å²) < 4.78 is 0. The zero-order valence-electron chi connectivity index (χ0n) is 11.0. The first-order valence-electron chi connectivity index (χ1n) is 5.35. The Labute approximate surface area is 101 Å². The van der Waals surface area contributed by atoms with Gasteiger partial charge in [-0.15, -0.1) is 0 Å². The van der Waals surface area contributed by atoms with E-state index in [0.29, 0.717) is 29.4 Å². The molecule has 6 nitrogen and oxygen atoms in total. The Morgan fingerprint density at radius 1 is 0.882 bits per heavy atom. The van der Waals surface area contributed by atoms with Gasteiger partial charge in [0.2, 0.25) is 0 Å². The van der Waals surface area contributed by atoms with Gasteiger partial charge in [-0.1, -0.05) is 10.3 Å². The molecule has 0 bridgehead atoms. The van der Waals surface area contributed by atoms with Crippen molar-refractivity contribution in [3.8, 4) is 0 Å². The van der Waals surface area contributed by atoms with Crippen LogP contribution in [0.15, 0.2) is 20.3 Å². The maximum absolute atomic E-state index is 8.58. The van der Waals surface area contributed by atoms with E-state index < -0.39 is 0 Å². The lowest BCUT2D eigenvalue weighted by Gasteiger charge is -2.06. The van der Waals surface area contributed by atoms with Crippen molar-refractivity contribution < 1.29 is 10.4 Å². The van der Waals surface area contributed by atoms with Gasteiger partial charge in [0, 0.05) is 0 Å². The summed E-state index contributed by atoms with van der Waals surface area (Å²) >= 11 is 0. The molecule has 0 rings (SSSR count). The van der Waals surface area contributed by atoms with Gasteiger partial charge in [-0.25, -0.2) is 0 Å². The molecule has 1 atom stereocenters. The molecule has 0 fully saturated rings. The fourth-order valence-electron chi connectivity index (χ4n) is 0.993. The summed E-state index contributed by atoms with van der Waals surface area (Å²) in [5.74, 6) is 0. The largest absolute Gasteiger partial charge is 0.411 e. The van der Waals surface area contributed by atoms with Crippen LogP contribution in [-0.2, 0) is 0 Å². The SMILES string of the molecule is CC(=NO)C(C)=NCC(C)N=C(C)C(C)=NO. The van der Waals surface area contributed by atoms with Gasteiger partial charge in [-0.05, 0) is 34.6 Å². The van der Waals surface area contributed by atoms with E-state index >= 15 is 0 Å². The van der Waals surface area contributed by atoms with Crippen molar-refractivity contribution in [1.29, 1.82) is 0 Å². The molecule has 0 aromatic heterocycles. The fraction of sp³-hybridized carbons (Fsp3) is 0.636. The van der Waals surface area contributed by atoms with Crippen molar-refractivity contribution >= 4 is 22.8 Å². The molecule has 0 aromatic carbocycles. The minimum Gasteiger partial charge on any atom is -0.411 e. The van der Waals surface area contributed by atoms with Crippen LogP contribution in [0.25, 0.3) is 0 Å². The molecule has 0 aromatic rings. The van der Waals surface area contributed by atoms with Gasteiger partial charge < -0.3 is 10.4 Å². The van der Waals surface area contributed by atoms with Crippen LogP contribution < -0.4 is 0 Å². The third kappa shape index (κ3) is 5.79. The number of rotatable bonds is 5. The Morgan fingerprint density at radius 3 is 1.82 bits per heavy atom. The van der Waals surface area contributed by atoms with Crippen molar-refractivity contribution in [2.24, 2.45) is 20.3 Å². The van der Waals surface area contributed by atoms with Crippen LogP contribution >= 0.6 is 0 Å². The van der Waals surface area contributed by atoms with E-state index in [1.54, 1.807) is 27.7 Å². The van der Waals surface area contributed by atoms with E-state index in [2.05, 4.69) is 20.3 Å². The average Bonchev–Trinajstić information content (AvgIpc) is 2.33. The molecule has 2 N–H and O–H groups in total. The van der Waals surface area contributed by atoms with Crippen molar-refractivity contribution in [2.45, 2.75) is 40.7 Å². The molecular weight excluding hydrogens is 220 g/mol. The highest BCUT2D eigenvalue weighted by atomic mass is 16.4. The van der Waals surface area contributed by atoms with Crippen molar-refractivity contribution in [3.05, 3.63) is 0 Å². The highest BCUT2D eigenvalue weighted by Crippen LogP contribution is 1.95. The molecule has 6 heteroatoms. The summed E-state index contributed by atoms with van der Waals surface area (Å²) in [7, 11) is 0. The fourth-order valence-corrected chi connectivity index (χ4v) is 0.993. The minimum atomic E-state index is -0.0202. The summed E-state index contributed by atoms with van der Waals surface area (Å²) in [6.07, 6.45) is 0. The van der Waals surface area contributed by atoms with Gasteiger partial charge in [0.1, 0.15) is 0 Å². The first-order chi connectivity index (χ1) is 7.92. The van der Waals surface area contributed by atoms with Crippen LogP contribution in [0.1, 0.15) is 34.6 Å². The standard InChI is InChI=1S/C11H20N4O2/c1-7(13-9(3)11(5)15-17)6-12-8(2)10(4)14-16/h7,16-17H,6H2,1-5H3. The zero-order valence-corrected chi connectivity index (χ0v) is 11.0. The average molecular weight is 240 g/mol. The molecule has 0 aliphatic carbocycles. The van der Waals surface area contributed by atoms with Gasteiger partial charge >= 0.3 is 0 Å². The second-order valence-electron chi connectivity index (χ2n) is 3.86. The molecule has 0 saturated carbocycles. The summed E-state index contributed by atoms with van der Waals surface area (Å²) in [5, 5.41) is 23.3. The number of oxime groups is 2. The second-order valence-corrected chi connectivity index (χ2v) is 3.86. The molecule has 0 amide bonds. The van der Waals surface area contributed by atoms with Crippen LogP contribution in [0.4, 0.5) is 0 Å². The monoisotopic (exact) mass is 240 g/mol. The molecule has 1 unspecified atom stereocenters. The molecule has 0 heterocycles. The Bertz CT molecular complexity index is 370. The molecular formula is C11H20N4O2. The van der Waals surface area contributed by atoms with Crippen molar-refractivity contribution in [1.82, 2.24) is 0 Å². The van der Waals surface area contributed by atoms with E-state index in [9.17, 15) is 0 Å². The van der Waals surface area contributed by atoms with Crippen LogP contribution in [0, 0.1) is 0 Å². The molecule has 96 valence electrons. The number of hydrogen-bond donors (Lipinski definition) is 2. The van der Waals surface area contributed by atoms with Crippen LogP contribution in [-0.4, -0.2) is 45.8 Å². The quantitative estimate of drug-likeness (QED) is 0.437. The highest BCUT2D eigenvalue weighted by molar-refractivity contribution is 6.41. The molecule has 0 radical (unpaired) electrons. The van der Waals surface area contributed by atoms with Gasteiger partial charge in [-0.2, -0.15) is 0 Å². The predicted octanol–water partition coefficient (Wildman–Crippen LogP) is 2.00. The Balaban J connectivity index is 4.53. The predicted molar refractivity (Wildman–Crippen MR) is 70.3 cm³/mol. The molecule has 0 spiro atoms. The molecule has 0 aliphatic rings. The van der Waals surface area contributed by atoms with E-state index in [4.69, 9.17) is 10.4 Å². The van der Waals surface area contributed by atoms with Gasteiger partial charge in [0.25, 0.3) is 0 Å². The maximum atomic E-state index is 8.58. The number of aliphatic imine (C=N–C) groups is 2. The Morgan fingerprint density at radius 2 is 1.35 bits per heavy atom. The normalized spacial score (nSPS) is 17.2. The highest BCUT2D eigenvalue weighted by Gasteiger charge is 2.03. The zero-order chi connectivity index (χ0) is 13.4. The molecule has 0 saturated heterocycles. The Kier molecular flexibility index (Phi) is 6.77. The van der Waals surface area contributed by atoms with E-state index in [1.165, 1.54) is 0 Å². The molecule has 17 heavy (non-hydrogen) atoms. The third-order valence-corrected chi connectivity index (χ3v) is 2.35.